The number of carbonyl (C=O) groups excluding carboxylic acids is 1. The molecule has 2 aromatic rings. The zero-order valence-corrected chi connectivity index (χ0v) is 14.8. The Balaban J connectivity index is 1.74. The highest BCUT2D eigenvalue weighted by Gasteiger charge is 2.25. The SMILES string of the molecule is O=C(Nc1ccccc1)c1ccc(S(=O)(=O)N2CCCCCC2)cc1. The van der Waals surface area contributed by atoms with E-state index >= 15 is 0 Å². The standard InChI is InChI=1S/C19H22N2O3S/c22-19(20-17-8-4-3-5-9-17)16-10-12-18(13-11-16)25(23,24)21-14-6-1-2-7-15-21/h3-5,8-13H,1-2,6-7,14-15H2,(H,20,22). The molecule has 1 aliphatic heterocycles. The fraction of sp³-hybridized carbons (Fsp3) is 0.316. The van der Waals surface area contributed by atoms with Crippen LogP contribution in [0.25, 0.3) is 0 Å². The van der Waals surface area contributed by atoms with Crippen LogP contribution in [0.4, 0.5) is 5.69 Å². The number of hydrogen-bond donors (Lipinski definition) is 1. The molecule has 1 amide bonds. The van der Waals surface area contributed by atoms with Gasteiger partial charge in [0.05, 0.1) is 4.90 Å². The highest BCUT2D eigenvalue weighted by molar-refractivity contribution is 7.89. The third-order valence-electron chi connectivity index (χ3n) is 4.35. The van der Waals surface area contributed by atoms with Crippen molar-refractivity contribution in [3.8, 4) is 0 Å². The third kappa shape index (κ3) is 4.27. The van der Waals surface area contributed by atoms with Gasteiger partial charge in [-0.2, -0.15) is 4.31 Å². The summed E-state index contributed by atoms with van der Waals surface area (Å²) in [7, 11) is -3.49. The van der Waals surface area contributed by atoms with Gasteiger partial charge in [0.2, 0.25) is 10.0 Å². The summed E-state index contributed by atoms with van der Waals surface area (Å²) >= 11 is 0. The van der Waals surface area contributed by atoms with Crippen LogP contribution in [0, 0.1) is 0 Å². The second-order valence-electron chi connectivity index (χ2n) is 6.16. The number of sulfonamides is 1. The minimum absolute atomic E-state index is 0.241. The predicted octanol–water partition coefficient (Wildman–Crippen LogP) is 3.50. The third-order valence-corrected chi connectivity index (χ3v) is 6.26. The van der Waals surface area contributed by atoms with Gasteiger partial charge in [0.15, 0.2) is 0 Å². The van der Waals surface area contributed by atoms with Crippen molar-refractivity contribution < 1.29 is 13.2 Å². The molecule has 5 nitrogen and oxygen atoms in total. The summed E-state index contributed by atoms with van der Waals surface area (Å²) in [5, 5.41) is 2.79. The maximum Gasteiger partial charge on any atom is 0.255 e. The average molecular weight is 358 g/mol. The van der Waals surface area contributed by atoms with Crippen molar-refractivity contribution in [1.29, 1.82) is 0 Å². The summed E-state index contributed by atoms with van der Waals surface area (Å²) in [5.74, 6) is -0.259. The van der Waals surface area contributed by atoms with E-state index in [1.165, 1.54) is 12.1 Å². The average Bonchev–Trinajstić information content (AvgIpc) is 2.93. The molecule has 25 heavy (non-hydrogen) atoms. The predicted molar refractivity (Wildman–Crippen MR) is 98.1 cm³/mol. The minimum Gasteiger partial charge on any atom is -0.322 e. The lowest BCUT2D eigenvalue weighted by atomic mass is 10.2. The van der Waals surface area contributed by atoms with Gasteiger partial charge in [-0.1, -0.05) is 31.0 Å². The number of para-hydroxylation sites is 1. The van der Waals surface area contributed by atoms with Crippen LogP contribution in [0.3, 0.4) is 0 Å². The number of nitrogens with one attached hydrogen (secondary N) is 1. The molecule has 0 radical (unpaired) electrons. The van der Waals surface area contributed by atoms with E-state index in [0.717, 1.165) is 25.7 Å². The van der Waals surface area contributed by atoms with Gasteiger partial charge in [0.1, 0.15) is 0 Å². The van der Waals surface area contributed by atoms with E-state index in [9.17, 15) is 13.2 Å². The summed E-state index contributed by atoms with van der Waals surface area (Å²) in [5.41, 5.74) is 1.13. The molecule has 132 valence electrons. The second-order valence-corrected chi connectivity index (χ2v) is 8.10. The largest absolute Gasteiger partial charge is 0.322 e. The Kier molecular flexibility index (Phi) is 5.50. The molecule has 1 aliphatic rings. The van der Waals surface area contributed by atoms with Crippen LogP contribution in [0.1, 0.15) is 36.0 Å². The first-order chi connectivity index (χ1) is 12.1. The molecular formula is C19H22N2O3S. The number of amides is 1. The van der Waals surface area contributed by atoms with Crippen molar-refractivity contribution >= 4 is 21.6 Å². The van der Waals surface area contributed by atoms with Crippen molar-refractivity contribution in [1.82, 2.24) is 4.31 Å². The molecule has 1 heterocycles. The summed E-state index contributed by atoms with van der Waals surface area (Å²) < 4.78 is 27.0. The van der Waals surface area contributed by atoms with Gasteiger partial charge in [-0.15, -0.1) is 0 Å². The van der Waals surface area contributed by atoms with Crippen LogP contribution >= 0.6 is 0 Å². The monoisotopic (exact) mass is 358 g/mol. The van der Waals surface area contributed by atoms with E-state index < -0.39 is 10.0 Å². The Hall–Kier alpha value is -2.18. The Morgan fingerprint density at radius 2 is 1.44 bits per heavy atom. The number of anilines is 1. The van der Waals surface area contributed by atoms with Crippen LogP contribution in [0.2, 0.25) is 0 Å². The van der Waals surface area contributed by atoms with Crippen LogP contribution in [0.5, 0.6) is 0 Å². The Labute approximate surface area is 148 Å². The van der Waals surface area contributed by atoms with E-state index in [-0.39, 0.29) is 10.8 Å². The van der Waals surface area contributed by atoms with Gasteiger partial charge in [-0.3, -0.25) is 4.79 Å². The fourth-order valence-electron chi connectivity index (χ4n) is 2.93. The first-order valence-corrected chi connectivity index (χ1v) is 9.98. The van der Waals surface area contributed by atoms with Crippen LogP contribution in [-0.2, 0) is 10.0 Å². The number of benzene rings is 2. The number of nitrogens with zero attached hydrogens (tertiary/aromatic N) is 1. The van der Waals surface area contributed by atoms with Crippen molar-refractivity contribution in [3.63, 3.8) is 0 Å². The van der Waals surface area contributed by atoms with Gasteiger partial charge in [-0.25, -0.2) is 8.42 Å². The molecule has 0 saturated carbocycles. The molecule has 0 bridgehead atoms. The molecule has 0 aromatic heterocycles. The lowest BCUT2D eigenvalue weighted by molar-refractivity contribution is 0.102. The molecule has 1 N–H and O–H groups in total. The quantitative estimate of drug-likeness (QED) is 0.909. The van der Waals surface area contributed by atoms with Crippen LogP contribution < -0.4 is 5.32 Å². The van der Waals surface area contributed by atoms with Gasteiger partial charge < -0.3 is 5.32 Å². The van der Waals surface area contributed by atoms with E-state index in [2.05, 4.69) is 5.32 Å². The highest BCUT2D eigenvalue weighted by Crippen LogP contribution is 2.21. The van der Waals surface area contributed by atoms with Crippen LogP contribution in [0.15, 0.2) is 59.5 Å². The fourth-order valence-corrected chi connectivity index (χ4v) is 4.45. The minimum atomic E-state index is -3.49. The Morgan fingerprint density at radius 1 is 0.840 bits per heavy atom. The highest BCUT2D eigenvalue weighted by atomic mass is 32.2. The summed E-state index contributed by atoms with van der Waals surface area (Å²) in [6.07, 6.45) is 3.95. The summed E-state index contributed by atoms with van der Waals surface area (Å²) in [6, 6.07) is 15.3. The lowest BCUT2D eigenvalue weighted by Gasteiger charge is -2.20. The molecule has 0 aliphatic carbocycles. The van der Waals surface area contributed by atoms with Crippen molar-refractivity contribution in [2.75, 3.05) is 18.4 Å². The molecule has 6 heteroatoms. The smallest absolute Gasteiger partial charge is 0.255 e. The van der Waals surface area contributed by atoms with E-state index in [4.69, 9.17) is 0 Å². The summed E-state index contributed by atoms with van der Waals surface area (Å²) in [6.45, 7) is 1.14. The second kappa shape index (κ2) is 7.80. The van der Waals surface area contributed by atoms with Crippen molar-refractivity contribution in [2.45, 2.75) is 30.6 Å². The summed E-state index contributed by atoms with van der Waals surface area (Å²) in [4.78, 5) is 12.5. The molecule has 0 atom stereocenters. The van der Waals surface area contributed by atoms with Crippen LogP contribution in [-0.4, -0.2) is 31.7 Å². The first-order valence-electron chi connectivity index (χ1n) is 8.54. The van der Waals surface area contributed by atoms with Crippen molar-refractivity contribution in [3.05, 3.63) is 60.2 Å². The zero-order chi connectivity index (χ0) is 17.7. The van der Waals surface area contributed by atoms with Crippen molar-refractivity contribution in [2.24, 2.45) is 0 Å². The maximum atomic E-state index is 12.7. The Morgan fingerprint density at radius 3 is 2.04 bits per heavy atom. The zero-order valence-electron chi connectivity index (χ0n) is 14.0. The molecule has 2 aromatic carbocycles. The van der Waals surface area contributed by atoms with Gasteiger partial charge in [0, 0.05) is 24.3 Å². The van der Waals surface area contributed by atoms with Gasteiger partial charge in [-0.05, 0) is 49.2 Å². The molecular weight excluding hydrogens is 336 g/mol. The molecule has 0 unspecified atom stereocenters. The van der Waals surface area contributed by atoms with E-state index in [1.807, 2.05) is 18.2 Å². The molecule has 3 rings (SSSR count). The number of carbonyl (C=O) groups is 1. The molecule has 0 spiro atoms. The Bertz CT molecular complexity index is 810. The molecule has 1 fully saturated rings. The number of rotatable bonds is 4. The van der Waals surface area contributed by atoms with E-state index in [0.29, 0.717) is 24.3 Å². The van der Waals surface area contributed by atoms with E-state index in [1.54, 1.807) is 28.6 Å². The normalized spacial score (nSPS) is 16.2. The lowest BCUT2D eigenvalue weighted by Crippen LogP contribution is -2.31. The molecule has 1 saturated heterocycles. The topological polar surface area (TPSA) is 66.5 Å². The van der Waals surface area contributed by atoms with Gasteiger partial charge in [0.25, 0.3) is 5.91 Å². The van der Waals surface area contributed by atoms with Gasteiger partial charge >= 0.3 is 0 Å². The number of hydrogen-bond acceptors (Lipinski definition) is 3. The maximum absolute atomic E-state index is 12.7. The first kappa shape index (κ1) is 17.6.